The fourth-order valence-corrected chi connectivity index (χ4v) is 4.73. The van der Waals surface area contributed by atoms with E-state index in [9.17, 15) is 8.42 Å². The molecule has 1 atom stereocenters. The Hall–Kier alpha value is -2.65. The van der Waals surface area contributed by atoms with Crippen LogP contribution in [0.15, 0.2) is 59.7 Å². The minimum atomic E-state index is -3.33. The molecule has 1 aromatic heterocycles. The molecule has 1 unspecified atom stereocenters. The fourth-order valence-electron chi connectivity index (χ4n) is 3.39. The first-order chi connectivity index (χ1) is 14.5. The standard InChI is InChI=1S/C21H30N6O2S/c1-18(19-8-4-3-5-9-19)25-21(22-2)24-12-17-30(28,29)27-15-13-26(14-16-27)20-10-6-7-11-23-20/h3-11,18H,12-17H2,1-2H3,(H2,22,24,25). The number of aliphatic imine (C=N–C) groups is 1. The Morgan fingerprint density at radius 3 is 2.43 bits per heavy atom. The summed E-state index contributed by atoms with van der Waals surface area (Å²) in [5, 5.41) is 6.40. The van der Waals surface area contributed by atoms with Crippen molar-refractivity contribution < 1.29 is 8.42 Å². The fraction of sp³-hybridized carbons (Fsp3) is 0.429. The maximum atomic E-state index is 12.7. The third-order valence-corrected chi connectivity index (χ3v) is 7.01. The van der Waals surface area contributed by atoms with Gasteiger partial charge in [-0.25, -0.2) is 13.4 Å². The van der Waals surface area contributed by atoms with Crippen molar-refractivity contribution in [3.8, 4) is 0 Å². The summed E-state index contributed by atoms with van der Waals surface area (Å²) >= 11 is 0. The molecule has 1 fully saturated rings. The van der Waals surface area contributed by atoms with Crippen molar-refractivity contribution in [2.75, 3.05) is 50.4 Å². The van der Waals surface area contributed by atoms with Gasteiger partial charge in [-0.2, -0.15) is 4.31 Å². The van der Waals surface area contributed by atoms with Gasteiger partial charge < -0.3 is 15.5 Å². The average Bonchev–Trinajstić information content (AvgIpc) is 2.79. The molecule has 0 saturated carbocycles. The van der Waals surface area contributed by atoms with E-state index in [1.54, 1.807) is 17.5 Å². The van der Waals surface area contributed by atoms with Crippen molar-refractivity contribution >= 4 is 21.8 Å². The van der Waals surface area contributed by atoms with Gasteiger partial charge in [0.05, 0.1) is 11.8 Å². The van der Waals surface area contributed by atoms with Crippen LogP contribution < -0.4 is 15.5 Å². The molecule has 2 aromatic rings. The topological polar surface area (TPSA) is 89.9 Å². The number of aromatic nitrogens is 1. The number of sulfonamides is 1. The summed E-state index contributed by atoms with van der Waals surface area (Å²) < 4.78 is 27.0. The molecular formula is C21H30N6O2S. The third-order valence-electron chi connectivity index (χ3n) is 5.13. The number of pyridine rings is 1. The Labute approximate surface area is 179 Å². The lowest BCUT2D eigenvalue weighted by atomic mass is 10.1. The minimum Gasteiger partial charge on any atom is -0.355 e. The van der Waals surface area contributed by atoms with Crippen LogP contribution in [0.2, 0.25) is 0 Å². The Morgan fingerprint density at radius 1 is 1.10 bits per heavy atom. The second-order valence-corrected chi connectivity index (χ2v) is 9.25. The number of piperazine rings is 1. The number of nitrogens with one attached hydrogen (secondary N) is 2. The van der Waals surface area contributed by atoms with E-state index in [2.05, 4.69) is 25.5 Å². The second kappa shape index (κ2) is 10.4. The van der Waals surface area contributed by atoms with Gasteiger partial charge in [0, 0.05) is 46.0 Å². The van der Waals surface area contributed by atoms with Crippen LogP contribution in [-0.2, 0) is 10.0 Å². The predicted octanol–water partition coefficient (Wildman–Crippen LogP) is 1.46. The number of anilines is 1. The molecule has 0 spiro atoms. The molecule has 1 aliphatic heterocycles. The largest absolute Gasteiger partial charge is 0.355 e. The van der Waals surface area contributed by atoms with Crippen molar-refractivity contribution in [3.63, 3.8) is 0 Å². The summed E-state index contributed by atoms with van der Waals surface area (Å²) in [7, 11) is -1.65. The van der Waals surface area contributed by atoms with E-state index in [1.165, 1.54) is 0 Å². The van der Waals surface area contributed by atoms with Crippen LogP contribution >= 0.6 is 0 Å². The van der Waals surface area contributed by atoms with Crippen molar-refractivity contribution in [3.05, 3.63) is 60.3 Å². The SMILES string of the molecule is CN=C(NCCS(=O)(=O)N1CCN(c2ccccn2)CC1)NC(C)c1ccccc1. The minimum absolute atomic E-state index is 0.0248. The first kappa shape index (κ1) is 22.0. The summed E-state index contributed by atoms with van der Waals surface area (Å²) in [5.41, 5.74) is 1.14. The number of nitrogens with zero attached hydrogens (tertiary/aromatic N) is 4. The van der Waals surface area contributed by atoms with E-state index >= 15 is 0 Å². The first-order valence-electron chi connectivity index (χ1n) is 10.2. The second-order valence-electron chi connectivity index (χ2n) is 7.17. The van der Waals surface area contributed by atoms with Crippen LogP contribution in [0.3, 0.4) is 0 Å². The molecule has 9 heteroatoms. The molecule has 1 aliphatic rings. The lowest BCUT2D eigenvalue weighted by Gasteiger charge is -2.34. The lowest BCUT2D eigenvalue weighted by molar-refractivity contribution is 0.384. The first-order valence-corrected chi connectivity index (χ1v) is 11.8. The lowest BCUT2D eigenvalue weighted by Crippen LogP contribution is -2.50. The summed E-state index contributed by atoms with van der Waals surface area (Å²) in [6.07, 6.45) is 1.75. The van der Waals surface area contributed by atoms with Gasteiger partial charge in [0.1, 0.15) is 5.82 Å². The molecule has 1 aromatic carbocycles. The zero-order valence-electron chi connectivity index (χ0n) is 17.5. The van der Waals surface area contributed by atoms with Crippen molar-refractivity contribution in [1.29, 1.82) is 0 Å². The molecule has 0 aliphatic carbocycles. The van der Waals surface area contributed by atoms with Gasteiger partial charge in [-0.05, 0) is 24.6 Å². The van der Waals surface area contributed by atoms with Gasteiger partial charge >= 0.3 is 0 Å². The molecule has 2 heterocycles. The highest BCUT2D eigenvalue weighted by molar-refractivity contribution is 7.89. The molecule has 0 amide bonds. The number of hydrogen-bond donors (Lipinski definition) is 2. The van der Waals surface area contributed by atoms with Crippen LogP contribution in [0, 0.1) is 0 Å². The molecule has 1 saturated heterocycles. The van der Waals surface area contributed by atoms with Crippen molar-refractivity contribution in [1.82, 2.24) is 19.9 Å². The highest BCUT2D eigenvalue weighted by Gasteiger charge is 2.27. The van der Waals surface area contributed by atoms with Crippen LogP contribution in [0.25, 0.3) is 0 Å². The molecule has 162 valence electrons. The quantitative estimate of drug-likeness (QED) is 0.511. The van der Waals surface area contributed by atoms with Crippen LogP contribution in [0.5, 0.6) is 0 Å². The molecule has 3 rings (SSSR count). The van der Waals surface area contributed by atoms with Gasteiger partial charge in [-0.1, -0.05) is 36.4 Å². The predicted molar refractivity (Wildman–Crippen MR) is 121 cm³/mol. The van der Waals surface area contributed by atoms with Gasteiger partial charge in [0.15, 0.2) is 5.96 Å². The third kappa shape index (κ3) is 5.93. The molecule has 8 nitrogen and oxygen atoms in total. The van der Waals surface area contributed by atoms with Crippen molar-refractivity contribution in [2.45, 2.75) is 13.0 Å². The normalized spacial score (nSPS) is 16.9. The average molecular weight is 431 g/mol. The van der Waals surface area contributed by atoms with Crippen molar-refractivity contribution in [2.24, 2.45) is 4.99 Å². The van der Waals surface area contributed by atoms with Gasteiger partial charge in [-0.3, -0.25) is 4.99 Å². The Bertz CT molecular complexity index is 913. The summed E-state index contributed by atoms with van der Waals surface area (Å²) in [4.78, 5) is 10.7. The smallest absolute Gasteiger partial charge is 0.215 e. The maximum absolute atomic E-state index is 12.7. The summed E-state index contributed by atoms with van der Waals surface area (Å²) in [6, 6.07) is 15.9. The molecule has 2 N–H and O–H groups in total. The van der Waals surface area contributed by atoms with Crippen LogP contribution in [-0.4, -0.2) is 69.2 Å². The van der Waals surface area contributed by atoms with Gasteiger partial charge in [-0.15, -0.1) is 0 Å². The number of guanidine groups is 1. The van der Waals surface area contributed by atoms with E-state index in [4.69, 9.17) is 0 Å². The van der Waals surface area contributed by atoms with Crippen LogP contribution in [0.4, 0.5) is 5.82 Å². The summed E-state index contributed by atoms with van der Waals surface area (Å²) in [5.74, 6) is 1.50. The van der Waals surface area contributed by atoms with Gasteiger partial charge in [0.25, 0.3) is 0 Å². The van der Waals surface area contributed by atoms with Gasteiger partial charge in [0.2, 0.25) is 10.0 Å². The molecule has 0 radical (unpaired) electrons. The zero-order chi connectivity index (χ0) is 21.4. The van der Waals surface area contributed by atoms with E-state index in [-0.39, 0.29) is 11.8 Å². The van der Waals surface area contributed by atoms with E-state index in [1.807, 2.05) is 55.5 Å². The molecule has 30 heavy (non-hydrogen) atoms. The molecule has 0 bridgehead atoms. The highest BCUT2D eigenvalue weighted by atomic mass is 32.2. The monoisotopic (exact) mass is 430 g/mol. The maximum Gasteiger partial charge on any atom is 0.215 e. The van der Waals surface area contributed by atoms with E-state index in [0.29, 0.717) is 38.7 Å². The number of benzene rings is 1. The van der Waals surface area contributed by atoms with E-state index < -0.39 is 10.0 Å². The number of rotatable bonds is 7. The Balaban J connectivity index is 1.45. The Morgan fingerprint density at radius 2 is 1.80 bits per heavy atom. The zero-order valence-corrected chi connectivity index (χ0v) is 18.3. The Kier molecular flexibility index (Phi) is 7.64. The summed E-state index contributed by atoms with van der Waals surface area (Å²) in [6.45, 7) is 4.56. The molecular weight excluding hydrogens is 400 g/mol. The van der Waals surface area contributed by atoms with Crippen LogP contribution in [0.1, 0.15) is 18.5 Å². The highest BCUT2D eigenvalue weighted by Crippen LogP contribution is 2.15. The van der Waals surface area contributed by atoms with E-state index in [0.717, 1.165) is 11.4 Å². The number of hydrogen-bond acceptors (Lipinski definition) is 5.